The number of nitrogens with zero attached hydrogens (tertiary/aromatic N) is 3. The van der Waals surface area contributed by atoms with E-state index in [1.165, 1.54) is 11.8 Å². The number of carbonyl (C=O) groups excluding carboxylic acids is 1. The summed E-state index contributed by atoms with van der Waals surface area (Å²) in [5, 5.41) is 9.22. The molecule has 1 amide bonds. The molecule has 0 aromatic carbocycles. The SMILES string of the molecule is Cc1cc(C)nc(SCc2ccc(C(=O)NCc3n[nH]c(=O)[nH]3)o2)n1. The van der Waals surface area contributed by atoms with Crippen LogP contribution in [0, 0.1) is 13.8 Å². The smallest absolute Gasteiger partial charge is 0.340 e. The minimum atomic E-state index is -0.421. The number of aryl methyl sites for hydroxylation is 2. The van der Waals surface area contributed by atoms with Crippen molar-refractivity contribution in [3.63, 3.8) is 0 Å². The quantitative estimate of drug-likeness (QED) is 0.446. The first-order valence-electron chi connectivity index (χ1n) is 7.45. The van der Waals surface area contributed by atoms with Crippen LogP contribution in [0.15, 0.2) is 32.6 Å². The van der Waals surface area contributed by atoms with E-state index in [1.54, 1.807) is 12.1 Å². The molecule has 10 heteroatoms. The van der Waals surface area contributed by atoms with Gasteiger partial charge in [-0.05, 0) is 32.0 Å². The molecule has 0 aliphatic carbocycles. The highest BCUT2D eigenvalue weighted by Gasteiger charge is 2.12. The van der Waals surface area contributed by atoms with E-state index >= 15 is 0 Å². The molecule has 0 radical (unpaired) electrons. The normalized spacial score (nSPS) is 10.8. The standard InChI is InChI=1S/C15H16N6O3S/c1-8-5-9(2)18-15(17-8)25-7-10-3-4-11(24-10)13(22)16-6-12-19-14(23)21-20-12/h3-5H,6-7H2,1-2H3,(H,16,22)(H2,19,20,21,23). The van der Waals surface area contributed by atoms with Gasteiger partial charge in [-0.2, -0.15) is 5.10 Å². The van der Waals surface area contributed by atoms with Gasteiger partial charge in [0.2, 0.25) is 0 Å². The summed E-state index contributed by atoms with van der Waals surface area (Å²) < 4.78 is 5.53. The summed E-state index contributed by atoms with van der Waals surface area (Å²) in [4.78, 5) is 34.1. The van der Waals surface area contributed by atoms with Crippen molar-refractivity contribution in [2.75, 3.05) is 0 Å². The van der Waals surface area contributed by atoms with Gasteiger partial charge in [-0.1, -0.05) is 11.8 Å². The number of H-pyrrole nitrogens is 2. The van der Waals surface area contributed by atoms with Crippen LogP contribution in [0.4, 0.5) is 0 Å². The van der Waals surface area contributed by atoms with E-state index in [9.17, 15) is 9.59 Å². The molecule has 0 aliphatic heterocycles. The average molecular weight is 360 g/mol. The van der Waals surface area contributed by atoms with Gasteiger partial charge in [0.1, 0.15) is 11.6 Å². The second-order valence-corrected chi connectivity index (χ2v) is 6.24. The fourth-order valence-electron chi connectivity index (χ4n) is 2.11. The number of amides is 1. The van der Waals surface area contributed by atoms with E-state index in [0.29, 0.717) is 22.5 Å². The van der Waals surface area contributed by atoms with Crippen molar-refractivity contribution in [2.24, 2.45) is 0 Å². The first-order chi connectivity index (χ1) is 12.0. The lowest BCUT2D eigenvalue weighted by atomic mass is 10.4. The Hall–Kier alpha value is -2.88. The molecule has 3 aromatic rings. The van der Waals surface area contributed by atoms with E-state index in [2.05, 4.69) is 30.5 Å². The maximum absolute atomic E-state index is 12.0. The first kappa shape index (κ1) is 17.0. The highest BCUT2D eigenvalue weighted by Crippen LogP contribution is 2.21. The number of hydrogen-bond donors (Lipinski definition) is 3. The van der Waals surface area contributed by atoms with Gasteiger partial charge in [0.05, 0.1) is 12.3 Å². The first-order valence-corrected chi connectivity index (χ1v) is 8.44. The Bertz CT molecular complexity index is 924. The van der Waals surface area contributed by atoms with Crippen LogP contribution in [-0.2, 0) is 12.3 Å². The summed E-state index contributed by atoms with van der Waals surface area (Å²) in [6, 6.07) is 5.24. The summed E-state index contributed by atoms with van der Waals surface area (Å²) in [7, 11) is 0. The molecule has 130 valence electrons. The fourth-order valence-corrected chi connectivity index (χ4v) is 2.95. The summed E-state index contributed by atoms with van der Waals surface area (Å²) in [5.74, 6) is 1.30. The summed E-state index contributed by atoms with van der Waals surface area (Å²) in [6.45, 7) is 3.93. The zero-order valence-electron chi connectivity index (χ0n) is 13.6. The number of nitrogens with one attached hydrogen (secondary N) is 3. The van der Waals surface area contributed by atoms with E-state index in [-0.39, 0.29) is 18.2 Å². The van der Waals surface area contributed by atoms with Gasteiger partial charge in [0.15, 0.2) is 10.9 Å². The monoisotopic (exact) mass is 360 g/mol. The Morgan fingerprint density at radius 2 is 2.04 bits per heavy atom. The lowest BCUT2D eigenvalue weighted by molar-refractivity contribution is 0.0920. The van der Waals surface area contributed by atoms with E-state index < -0.39 is 5.69 Å². The van der Waals surface area contributed by atoms with Gasteiger partial charge in [-0.3, -0.25) is 9.78 Å². The van der Waals surface area contributed by atoms with Gasteiger partial charge < -0.3 is 9.73 Å². The third kappa shape index (κ3) is 4.57. The van der Waals surface area contributed by atoms with Gasteiger partial charge in [0.25, 0.3) is 5.91 Å². The van der Waals surface area contributed by atoms with Crippen molar-refractivity contribution < 1.29 is 9.21 Å². The van der Waals surface area contributed by atoms with Crippen LogP contribution in [0.5, 0.6) is 0 Å². The molecule has 0 atom stereocenters. The molecule has 0 bridgehead atoms. The van der Waals surface area contributed by atoms with Crippen LogP contribution < -0.4 is 11.0 Å². The van der Waals surface area contributed by atoms with Crippen molar-refractivity contribution in [2.45, 2.75) is 31.3 Å². The van der Waals surface area contributed by atoms with Crippen LogP contribution in [0.1, 0.15) is 33.5 Å². The van der Waals surface area contributed by atoms with E-state index in [1.807, 2.05) is 19.9 Å². The van der Waals surface area contributed by atoms with E-state index in [0.717, 1.165) is 11.4 Å². The molecule has 0 saturated heterocycles. The second-order valence-electron chi connectivity index (χ2n) is 5.30. The molecule has 3 rings (SSSR count). The lowest BCUT2D eigenvalue weighted by Crippen LogP contribution is -2.23. The van der Waals surface area contributed by atoms with Crippen LogP contribution in [0.3, 0.4) is 0 Å². The largest absolute Gasteiger partial charge is 0.455 e. The number of hydrogen-bond acceptors (Lipinski definition) is 7. The molecule has 9 nitrogen and oxygen atoms in total. The zero-order chi connectivity index (χ0) is 17.8. The average Bonchev–Trinajstić information content (AvgIpc) is 3.19. The highest BCUT2D eigenvalue weighted by molar-refractivity contribution is 7.98. The molecule has 3 heterocycles. The summed E-state index contributed by atoms with van der Waals surface area (Å²) >= 11 is 1.44. The van der Waals surface area contributed by atoms with Crippen molar-refractivity contribution in [1.82, 2.24) is 30.5 Å². The molecule has 0 spiro atoms. The summed E-state index contributed by atoms with van der Waals surface area (Å²) in [5.41, 5.74) is 1.40. The van der Waals surface area contributed by atoms with Crippen LogP contribution in [-0.4, -0.2) is 31.1 Å². The number of aromatic nitrogens is 5. The maximum Gasteiger partial charge on any atom is 0.340 e. The number of furan rings is 1. The number of rotatable bonds is 6. The molecular formula is C15H16N6O3S. The van der Waals surface area contributed by atoms with E-state index in [4.69, 9.17) is 4.42 Å². The summed E-state index contributed by atoms with van der Waals surface area (Å²) in [6.07, 6.45) is 0. The Labute approximate surface area is 146 Å². The van der Waals surface area contributed by atoms with Gasteiger partial charge >= 0.3 is 5.69 Å². The second kappa shape index (κ2) is 7.34. The maximum atomic E-state index is 12.0. The van der Waals surface area contributed by atoms with Crippen LogP contribution in [0.2, 0.25) is 0 Å². The molecule has 25 heavy (non-hydrogen) atoms. The Morgan fingerprint density at radius 1 is 1.28 bits per heavy atom. The molecule has 0 saturated carbocycles. The Balaban J connectivity index is 1.56. The molecule has 0 unspecified atom stereocenters. The van der Waals surface area contributed by atoms with Crippen molar-refractivity contribution in [3.05, 3.63) is 57.4 Å². The van der Waals surface area contributed by atoms with Gasteiger partial charge in [-0.25, -0.2) is 19.9 Å². The molecular weight excluding hydrogens is 344 g/mol. The number of aromatic amines is 2. The number of carbonyl (C=O) groups is 1. The molecule has 0 fully saturated rings. The molecule has 0 aliphatic rings. The third-order valence-electron chi connectivity index (χ3n) is 3.16. The third-order valence-corrected chi connectivity index (χ3v) is 4.03. The predicted molar refractivity (Wildman–Crippen MR) is 90.2 cm³/mol. The van der Waals surface area contributed by atoms with Crippen molar-refractivity contribution in [3.8, 4) is 0 Å². The number of thioether (sulfide) groups is 1. The molecule has 3 aromatic heterocycles. The minimum absolute atomic E-state index is 0.0960. The predicted octanol–water partition coefficient (Wildman–Crippen LogP) is 1.32. The van der Waals surface area contributed by atoms with Crippen molar-refractivity contribution >= 4 is 17.7 Å². The Morgan fingerprint density at radius 3 is 2.72 bits per heavy atom. The Kier molecular flexibility index (Phi) is 4.98. The minimum Gasteiger partial charge on any atom is -0.455 e. The van der Waals surface area contributed by atoms with Crippen LogP contribution in [0.25, 0.3) is 0 Å². The fraction of sp³-hybridized carbons (Fsp3) is 0.267. The van der Waals surface area contributed by atoms with Crippen LogP contribution >= 0.6 is 11.8 Å². The highest BCUT2D eigenvalue weighted by atomic mass is 32.2. The molecule has 3 N–H and O–H groups in total. The topological polar surface area (TPSA) is 130 Å². The van der Waals surface area contributed by atoms with Crippen molar-refractivity contribution in [1.29, 1.82) is 0 Å². The van der Waals surface area contributed by atoms with Gasteiger partial charge in [-0.15, -0.1) is 0 Å². The van der Waals surface area contributed by atoms with Gasteiger partial charge in [0, 0.05) is 11.4 Å². The zero-order valence-corrected chi connectivity index (χ0v) is 14.4. The lowest BCUT2D eigenvalue weighted by Gasteiger charge is -2.02.